The number of ether oxygens (including phenoxy) is 4. The second-order valence-corrected chi connectivity index (χ2v) is 8.45. The van der Waals surface area contributed by atoms with Crippen LogP contribution >= 0.6 is 0 Å². The van der Waals surface area contributed by atoms with E-state index in [1.54, 1.807) is 6.08 Å². The molecule has 0 spiro atoms. The summed E-state index contributed by atoms with van der Waals surface area (Å²) in [7, 11) is 0. The maximum atomic E-state index is 14.6. The molecule has 38 heavy (non-hydrogen) atoms. The molecule has 4 nitrogen and oxygen atoms in total. The lowest BCUT2D eigenvalue weighted by molar-refractivity contribution is -0.203. The molecule has 1 aliphatic heterocycles. The zero-order valence-electron chi connectivity index (χ0n) is 20.1. The Labute approximate surface area is 213 Å². The summed E-state index contributed by atoms with van der Waals surface area (Å²) >= 11 is 0. The molecule has 2 aromatic rings. The maximum absolute atomic E-state index is 14.6. The second kappa shape index (κ2) is 13.1. The van der Waals surface area contributed by atoms with Crippen LogP contribution in [0.15, 0.2) is 42.7 Å². The zero-order chi connectivity index (χ0) is 27.9. The third-order valence-corrected chi connectivity index (χ3v) is 5.45. The van der Waals surface area contributed by atoms with Crippen molar-refractivity contribution in [2.75, 3.05) is 13.2 Å². The van der Waals surface area contributed by atoms with Crippen molar-refractivity contribution in [2.24, 2.45) is 5.92 Å². The third-order valence-electron chi connectivity index (χ3n) is 5.45. The Morgan fingerprint density at radius 3 is 2.11 bits per heavy atom. The van der Waals surface area contributed by atoms with Crippen LogP contribution in [0.4, 0.5) is 35.1 Å². The fraction of sp³-hybridized carbons (Fsp3) is 0.385. The molecule has 0 saturated carbocycles. The first kappa shape index (κ1) is 29.4. The summed E-state index contributed by atoms with van der Waals surface area (Å²) in [5, 5.41) is 0. The Hall–Kier alpha value is -3.12. The smallest absolute Gasteiger partial charge is 0.432 e. The molecular formula is C26H24F8O4. The summed E-state index contributed by atoms with van der Waals surface area (Å²) in [4.78, 5) is 0. The van der Waals surface area contributed by atoms with Gasteiger partial charge in [0.05, 0.1) is 13.2 Å². The SMILES string of the molecule is CCCC1COC(CCC=Cc2cc(F)c(C(F)(F)Oc3cc(F)c(OC=C(F)F)c(F)c3)c(F)c2)OC1. The number of hydrogen-bond acceptors (Lipinski definition) is 4. The maximum Gasteiger partial charge on any atom is 0.432 e. The van der Waals surface area contributed by atoms with E-state index in [9.17, 15) is 35.1 Å². The quantitative estimate of drug-likeness (QED) is 0.209. The first-order valence-corrected chi connectivity index (χ1v) is 11.6. The van der Waals surface area contributed by atoms with Gasteiger partial charge in [-0.05, 0) is 30.5 Å². The van der Waals surface area contributed by atoms with E-state index in [-0.39, 0.29) is 24.0 Å². The van der Waals surface area contributed by atoms with Crippen LogP contribution < -0.4 is 9.47 Å². The van der Waals surface area contributed by atoms with Gasteiger partial charge < -0.3 is 18.9 Å². The highest BCUT2D eigenvalue weighted by Gasteiger charge is 2.41. The molecular weight excluding hydrogens is 528 g/mol. The summed E-state index contributed by atoms with van der Waals surface area (Å²) in [5.74, 6) is -8.80. The largest absolute Gasteiger partial charge is 0.453 e. The molecule has 1 heterocycles. The molecule has 1 fully saturated rings. The molecule has 0 aliphatic carbocycles. The molecule has 0 atom stereocenters. The van der Waals surface area contributed by atoms with Gasteiger partial charge in [-0.1, -0.05) is 25.5 Å². The average molecular weight is 552 g/mol. The van der Waals surface area contributed by atoms with Crippen molar-refractivity contribution in [3.8, 4) is 11.5 Å². The van der Waals surface area contributed by atoms with E-state index < -0.39 is 58.8 Å². The normalized spacial score (nSPS) is 18.0. The van der Waals surface area contributed by atoms with E-state index >= 15 is 0 Å². The first-order chi connectivity index (χ1) is 18.0. The predicted molar refractivity (Wildman–Crippen MR) is 121 cm³/mol. The van der Waals surface area contributed by atoms with Gasteiger partial charge in [0.15, 0.2) is 29.9 Å². The number of halogens is 8. The van der Waals surface area contributed by atoms with Crippen molar-refractivity contribution < 1.29 is 54.1 Å². The third kappa shape index (κ3) is 7.94. The fourth-order valence-corrected chi connectivity index (χ4v) is 3.75. The molecule has 0 N–H and O–H groups in total. The number of benzene rings is 2. The Bertz CT molecular complexity index is 1110. The Kier molecular flexibility index (Phi) is 10.1. The van der Waals surface area contributed by atoms with Crippen LogP contribution in [-0.2, 0) is 15.6 Å². The van der Waals surface area contributed by atoms with Crippen molar-refractivity contribution in [3.63, 3.8) is 0 Å². The molecule has 3 rings (SSSR count). The molecule has 208 valence electrons. The van der Waals surface area contributed by atoms with Gasteiger partial charge in [0.2, 0.25) is 0 Å². The lowest BCUT2D eigenvalue weighted by Crippen LogP contribution is -2.31. The molecule has 0 bridgehead atoms. The van der Waals surface area contributed by atoms with Crippen molar-refractivity contribution in [1.29, 1.82) is 0 Å². The number of allylic oxidation sites excluding steroid dienone is 1. The average Bonchev–Trinajstić information content (AvgIpc) is 2.81. The van der Waals surface area contributed by atoms with Gasteiger partial charge in [-0.25, -0.2) is 17.6 Å². The monoisotopic (exact) mass is 552 g/mol. The van der Waals surface area contributed by atoms with Crippen LogP contribution in [0.25, 0.3) is 6.08 Å². The Balaban J connectivity index is 1.65. The van der Waals surface area contributed by atoms with Gasteiger partial charge in [-0.2, -0.15) is 17.6 Å². The van der Waals surface area contributed by atoms with Crippen LogP contribution in [0.5, 0.6) is 11.5 Å². The van der Waals surface area contributed by atoms with Gasteiger partial charge in [-0.15, -0.1) is 0 Å². The van der Waals surface area contributed by atoms with E-state index in [0.717, 1.165) is 12.8 Å². The molecule has 12 heteroatoms. The summed E-state index contributed by atoms with van der Waals surface area (Å²) < 4.78 is 130. The first-order valence-electron chi connectivity index (χ1n) is 11.6. The molecule has 0 aromatic heterocycles. The van der Waals surface area contributed by atoms with E-state index in [1.165, 1.54) is 6.08 Å². The second-order valence-electron chi connectivity index (χ2n) is 8.45. The van der Waals surface area contributed by atoms with E-state index in [1.807, 2.05) is 0 Å². The summed E-state index contributed by atoms with van der Waals surface area (Å²) in [6.45, 7) is 3.25. The summed E-state index contributed by atoms with van der Waals surface area (Å²) in [6, 6.07) is 1.66. The van der Waals surface area contributed by atoms with E-state index in [4.69, 9.17) is 9.47 Å². The van der Waals surface area contributed by atoms with Gasteiger partial charge in [0, 0.05) is 24.5 Å². The van der Waals surface area contributed by atoms with Gasteiger partial charge >= 0.3 is 12.2 Å². The van der Waals surface area contributed by atoms with Crippen molar-refractivity contribution in [2.45, 2.75) is 45.0 Å². The molecule has 0 amide bonds. The topological polar surface area (TPSA) is 36.9 Å². The highest BCUT2D eigenvalue weighted by molar-refractivity contribution is 5.51. The summed E-state index contributed by atoms with van der Waals surface area (Å²) in [5.41, 5.74) is -1.84. The standard InChI is InChI=1S/C26H24F8O4/c1-2-5-16-12-35-23(36-13-16)7-4-3-6-15-8-18(27)24(19(28)9-15)26(33,34)38-17-10-20(29)25(21(30)11-17)37-14-22(31)32/h3,6,8-11,14,16,23H,2,4-5,7,12-13H2,1H3. The highest BCUT2D eigenvalue weighted by atomic mass is 19.3. The van der Waals surface area contributed by atoms with Crippen LogP contribution in [-0.4, -0.2) is 19.5 Å². The number of hydrogen-bond donors (Lipinski definition) is 0. The zero-order valence-corrected chi connectivity index (χ0v) is 20.1. The van der Waals surface area contributed by atoms with E-state index in [2.05, 4.69) is 16.4 Å². The minimum atomic E-state index is -4.69. The minimum Gasteiger partial charge on any atom is -0.453 e. The number of rotatable bonds is 11. The van der Waals surface area contributed by atoms with Crippen molar-refractivity contribution in [3.05, 3.63) is 77.1 Å². The predicted octanol–water partition coefficient (Wildman–Crippen LogP) is 8.07. The van der Waals surface area contributed by atoms with Crippen molar-refractivity contribution in [1.82, 2.24) is 0 Å². The summed E-state index contributed by atoms with van der Waals surface area (Å²) in [6.07, 6.45) is -1.92. The molecule has 1 saturated heterocycles. The molecule has 2 aromatic carbocycles. The highest BCUT2D eigenvalue weighted by Crippen LogP contribution is 2.37. The Morgan fingerprint density at radius 2 is 1.55 bits per heavy atom. The molecule has 0 radical (unpaired) electrons. The molecule has 0 unspecified atom stereocenters. The van der Waals surface area contributed by atoms with Crippen LogP contribution in [0.2, 0.25) is 0 Å². The number of alkyl halides is 2. The molecule has 1 aliphatic rings. The minimum absolute atomic E-state index is 0.0558. The van der Waals surface area contributed by atoms with Crippen LogP contribution in [0.3, 0.4) is 0 Å². The van der Waals surface area contributed by atoms with Gasteiger partial charge in [0.1, 0.15) is 22.9 Å². The van der Waals surface area contributed by atoms with E-state index in [0.29, 0.717) is 44.1 Å². The Morgan fingerprint density at radius 1 is 0.947 bits per heavy atom. The van der Waals surface area contributed by atoms with Crippen LogP contribution in [0.1, 0.15) is 43.7 Å². The lowest BCUT2D eigenvalue weighted by Gasteiger charge is -2.29. The van der Waals surface area contributed by atoms with Gasteiger partial charge in [0.25, 0.3) is 0 Å². The lowest BCUT2D eigenvalue weighted by atomic mass is 10.1. The van der Waals surface area contributed by atoms with Gasteiger partial charge in [-0.3, -0.25) is 0 Å². The van der Waals surface area contributed by atoms with Crippen LogP contribution in [0, 0.1) is 29.2 Å². The fourth-order valence-electron chi connectivity index (χ4n) is 3.75. The van der Waals surface area contributed by atoms with Crippen molar-refractivity contribution >= 4 is 6.08 Å².